The number of hydrogen-bond acceptors (Lipinski definition) is 4. The number of aromatic nitrogens is 2. The van der Waals surface area contributed by atoms with Gasteiger partial charge >= 0.3 is 0 Å². The van der Waals surface area contributed by atoms with Crippen LogP contribution >= 0.6 is 11.6 Å². The predicted octanol–water partition coefficient (Wildman–Crippen LogP) is 6.32. The third kappa shape index (κ3) is 4.98. The van der Waals surface area contributed by atoms with Gasteiger partial charge in [0.15, 0.2) is 5.82 Å². The van der Waals surface area contributed by atoms with Gasteiger partial charge in [0.2, 0.25) is 0 Å². The largest absolute Gasteiger partial charge is 0.487 e. The summed E-state index contributed by atoms with van der Waals surface area (Å²) in [6.45, 7) is 0.256. The fourth-order valence-corrected chi connectivity index (χ4v) is 3.83. The molecule has 1 aromatic heterocycles. The third-order valence-corrected chi connectivity index (χ3v) is 5.67. The van der Waals surface area contributed by atoms with Crippen molar-refractivity contribution in [3.8, 4) is 17.1 Å². The highest BCUT2D eigenvalue weighted by molar-refractivity contribution is 6.32. The minimum Gasteiger partial charge on any atom is -0.487 e. The van der Waals surface area contributed by atoms with Gasteiger partial charge in [0, 0.05) is 5.56 Å². The molecule has 0 saturated carbocycles. The molecule has 0 amide bonds. The van der Waals surface area contributed by atoms with Crippen LogP contribution in [0.4, 0.5) is 4.39 Å². The number of para-hydroxylation sites is 1. The summed E-state index contributed by atoms with van der Waals surface area (Å²) in [4.78, 5) is 17.9. The summed E-state index contributed by atoms with van der Waals surface area (Å²) in [5.41, 5.74) is 2.62. The van der Waals surface area contributed by atoms with Gasteiger partial charge in [-0.3, -0.25) is 4.79 Å². The van der Waals surface area contributed by atoms with E-state index in [1.165, 1.54) is 16.8 Å². The van der Waals surface area contributed by atoms with Crippen LogP contribution in [0.1, 0.15) is 11.1 Å². The van der Waals surface area contributed by atoms with E-state index in [-0.39, 0.29) is 18.0 Å². The summed E-state index contributed by atoms with van der Waals surface area (Å²) >= 11 is 6.41. The van der Waals surface area contributed by atoms with Crippen molar-refractivity contribution < 1.29 is 9.13 Å². The molecule has 35 heavy (non-hydrogen) atoms. The average molecular weight is 484 g/mol. The summed E-state index contributed by atoms with van der Waals surface area (Å²) in [7, 11) is 0. The second kappa shape index (κ2) is 9.91. The van der Waals surface area contributed by atoms with Crippen LogP contribution in [0, 0.1) is 5.82 Å². The lowest BCUT2D eigenvalue weighted by Gasteiger charge is -2.10. The second-order valence-electron chi connectivity index (χ2n) is 7.79. The van der Waals surface area contributed by atoms with Crippen LogP contribution in [0.5, 0.6) is 5.75 Å². The first-order valence-electron chi connectivity index (χ1n) is 10.9. The van der Waals surface area contributed by atoms with Gasteiger partial charge < -0.3 is 4.74 Å². The van der Waals surface area contributed by atoms with E-state index in [1.807, 2.05) is 42.5 Å². The lowest BCUT2D eigenvalue weighted by molar-refractivity contribution is 0.306. The second-order valence-corrected chi connectivity index (χ2v) is 8.19. The summed E-state index contributed by atoms with van der Waals surface area (Å²) < 4.78 is 20.1. The van der Waals surface area contributed by atoms with Crippen LogP contribution in [0.15, 0.2) is 107 Å². The Balaban J connectivity index is 1.45. The molecule has 0 bridgehead atoms. The molecule has 5 nitrogen and oxygen atoms in total. The van der Waals surface area contributed by atoms with Crippen molar-refractivity contribution in [3.05, 3.63) is 129 Å². The van der Waals surface area contributed by atoms with Gasteiger partial charge in [-0.15, -0.1) is 0 Å². The molecule has 7 heteroatoms. The fraction of sp³-hybridized carbons (Fsp3) is 0.0357. The van der Waals surface area contributed by atoms with Crippen LogP contribution in [-0.4, -0.2) is 15.9 Å². The van der Waals surface area contributed by atoms with Gasteiger partial charge in [-0.25, -0.2) is 9.37 Å². The molecule has 0 aliphatic heterocycles. The van der Waals surface area contributed by atoms with Crippen molar-refractivity contribution in [3.63, 3.8) is 0 Å². The van der Waals surface area contributed by atoms with Crippen molar-refractivity contribution in [2.24, 2.45) is 5.10 Å². The van der Waals surface area contributed by atoms with Crippen LogP contribution in [0.3, 0.4) is 0 Å². The molecule has 5 aromatic rings. The molecule has 172 valence electrons. The summed E-state index contributed by atoms with van der Waals surface area (Å²) in [6.07, 6.45) is 1.56. The van der Waals surface area contributed by atoms with Gasteiger partial charge in [0.25, 0.3) is 5.56 Å². The quantitative estimate of drug-likeness (QED) is 0.266. The van der Waals surface area contributed by atoms with Gasteiger partial charge in [-0.2, -0.15) is 9.78 Å². The minimum absolute atomic E-state index is 0.256. The van der Waals surface area contributed by atoms with E-state index in [9.17, 15) is 9.18 Å². The van der Waals surface area contributed by atoms with Crippen molar-refractivity contribution >= 4 is 28.7 Å². The van der Waals surface area contributed by atoms with Crippen LogP contribution in [0.25, 0.3) is 22.3 Å². The normalized spacial score (nSPS) is 11.3. The van der Waals surface area contributed by atoms with E-state index >= 15 is 0 Å². The molecule has 0 unspecified atom stereocenters. The predicted molar refractivity (Wildman–Crippen MR) is 137 cm³/mol. The Morgan fingerprint density at radius 2 is 1.69 bits per heavy atom. The molecule has 1 heterocycles. The SMILES string of the molecule is O=c1c2ccccc2nc(-c2ccccc2)n1N=Cc1ccc(OCc2ccc(F)cc2)c(Cl)c1. The van der Waals surface area contributed by atoms with E-state index < -0.39 is 0 Å². The molecule has 0 radical (unpaired) electrons. The van der Waals surface area contributed by atoms with E-state index in [4.69, 9.17) is 16.3 Å². The van der Waals surface area contributed by atoms with Gasteiger partial charge in [-0.05, 0) is 53.6 Å². The lowest BCUT2D eigenvalue weighted by Crippen LogP contribution is -2.20. The van der Waals surface area contributed by atoms with Crippen molar-refractivity contribution in [2.45, 2.75) is 6.61 Å². The standard InChI is InChI=1S/C28H19ClFN3O2/c29-24-16-20(12-15-26(24)35-18-19-10-13-22(30)14-11-19)17-31-33-27(21-6-2-1-3-7-21)32-25-9-5-4-8-23(25)28(33)34/h1-17H,18H2. The first-order valence-corrected chi connectivity index (χ1v) is 11.2. The Bertz CT molecular complexity index is 1580. The maximum Gasteiger partial charge on any atom is 0.282 e. The Labute approximate surface area is 205 Å². The van der Waals surface area contributed by atoms with Gasteiger partial charge in [0.1, 0.15) is 18.2 Å². The highest BCUT2D eigenvalue weighted by Crippen LogP contribution is 2.26. The molecule has 0 aliphatic carbocycles. The van der Waals surface area contributed by atoms with Crippen LogP contribution in [-0.2, 0) is 6.61 Å². The highest BCUT2D eigenvalue weighted by Gasteiger charge is 2.12. The number of fused-ring (bicyclic) bond motifs is 1. The van der Waals surface area contributed by atoms with E-state index in [0.29, 0.717) is 33.1 Å². The molecular formula is C28H19ClFN3O2. The van der Waals surface area contributed by atoms with Crippen LogP contribution < -0.4 is 10.3 Å². The summed E-state index contributed by atoms with van der Waals surface area (Å²) in [5, 5.41) is 5.33. The zero-order valence-electron chi connectivity index (χ0n) is 18.4. The number of hydrogen-bond donors (Lipinski definition) is 0. The highest BCUT2D eigenvalue weighted by atomic mass is 35.5. The summed E-state index contributed by atoms with van der Waals surface area (Å²) in [6, 6.07) is 27.9. The Morgan fingerprint density at radius 1 is 0.943 bits per heavy atom. The number of nitrogens with zero attached hydrogens (tertiary/aromatic N) is 3. The zero-order valence-corrected chi connectivity index (χ0v) is 19.2. The number of halogens is 2. The van der Waals surface area contributed by atoms with E-state index in [1.54, 1.807) is 48.7 Å². The molecule has 0 atom stereocenters. The Kier molecular flexibility index (Phi) is 6.37. The van der Waals surface area contributed by atoms with Crippen molar-refractivity contribution in [1.29, 1.82) is 0 Å². The Hall–Kier alpha value is -4.29. The number of benzene rings is 4. The molecule has 5 rings (SSSR count). The monoisotopic (exact) mass is 483 g/mol. The molecule has 0 fully saturated rings. The topological polar surface area (TPSA) is 56.5 Å². The smallest absolute Gasteiger partial charge is 0.282 e. The first-order chi connectivity index (χ1) is 17.1. The van der Waals surface area contributed by atoms with E-state index in [0.717, 1.165) is 11.1 Å². The summed E-state index contributed by atoms with van der Waals surface area (Å²) in [5.74, 6) is 0.630. The van der Waals surface area contributed by atoms with Crippen molar-refractivity contribution in [1.82, 2.24) is 9.66 Å². The Morgan fingerprint density at radius 3 is 2.46 bits per heavy atom. The molecule has 0 spiro atoms. The average Bonchev–Trinajstić information content (AvgIpc) is 2.89. The fourth-order valence-electron chi connectivity index (χ4n) is 3.59. The van der Waals surface area contributed by atoms with Crippen LogP contribution in [0.2, 0.25) is 5.02 Å². The third-order valence-electron chi connectivity index (χ3n) is 5.37. The van der Waals surface area contributed by atoms with Gasteiger partial charge in [0.05, 0.1) is 22.1 Å². The minimum atomic E-state index is -0.299. The molecule has 0 aliphatic rings. The lowest BCUT2D eigenvalue weighted by atomic mass is 10.2. The maximum atomic E-state index is 13.2. The molecule has 0 saturated heterocycles. The first kappa shape index (κ1) is 22.5. The molecule has 0 N–H and O–H groups in total. The van der Waals surface area contributed by atoms with Gasteiger partial charge in [-0.1, -0.05) is 66.2 Å². The molecule has 4 aromatic carbocycles. The molecular weight excluding hydrogens is 465 g/mol. The maximum absolute atomic E-state index is 13.2. The number of rotatable bonds is 6. The zero-order chi connectivity index (χ0) is 24.2. The van der Waals surface area contributed by atoms with Crippen molar-refractivity contribution in [2.75, 3.05) is 0 Å². The number of ether oxygens (including phenoxy) is 1. The van der Waals surface area contributed by atoms with E-state index in [2.05, 4.69) is 10.1 Å².